The van der Waals surface area contributed by atoms with Crippen LogP contribution in [0.2, 0.25) is 0 Å². The van der Waals surface area contributed by atoms with Gasteiger partial charge < -0.3 is 10.2 Å². The molecule has 0 aliphatic carbocycles. The van der Waals surface area contributed by atoms with E-state index < -0.39 is 5.92 Å². The first-order chi connectivity index (χ1) is 20.7. The van der Waals surface area contributed by atoms with E-state index >= 15 is 0 Å². The normalized spacial score (nSPS) is 14.4. The molecular formula is C35H32N6O. The van der Waals surface area contributed by atoms with Crippen LogP contribution in [0.5, 0.6) is 0 Å². The van der Waals surface area contributed by atoms with E-state index in [9.17, 15) is 10.1 Å². The van der Waals surface area contributed by atoms with Gasteiger partial charge in [-0.1, -0.05) is 103 Å². The molecule has 1 aromatic heterocycles. The predicted molar refractivity (Wildman–Crippen MR) is 165 cm³/mol. The monoisotopic (exact) mass is 552 g/mol. The molecule has 1 amide bonds. The van der Waals surface area contributed by atoms with Crippen molar-refractivity contribution in [2.45, 2.75) is 18.5 Å². The number of nitrogens with one attached hydrogen (secondary N) is 1. The van der Waals surface area contributed by atoms with Crippen LogP contribution in [0.1, 0.15) is 34.3 Å². The Morgan fingerprint density at radius 3 is 1.83 bits per heavy atom. The smallest absolute Gasteiger partial charge is 0.243 e. The van der Waals surface area contributed by atoms with Crippen LogP contribution in [0.3, 0.4) is 0 Å². The van der Waals surface area contributed by atoms with Crippen molar-refractivity contribution in [1.82, 2.24) is 20.2 Å². The summed E-state index contributed by atoms with van der Waals surface area (Å²) in [7, 11) is 0. The Hall–Kier alpha value is -5.06. The molecule has 7 heteroatoms. The van der Waals surface area contributed by atoms with Gasteiger partial charge in [-0.2, -0.15) is 5.26 Å². The minimum absolute atomic E-state index is 0.132. The van der Waals surface area contributed by atoms with E-state index in [0.717, 1.165) is 24.2 Å². The summed E-state index contributed by atoms with van der Waals surface area (Å²) in [6.07, 6.45) is 0. The van der Waals surface area contributed by atoms with E-state index in [4.69, 9.17) is 9.97 Å². The van der Waals surface area contributed by atoms with Gasteiger partial charge in [0, 0.05) is 32.7 Å². The quantitative estimate of drug-likeness (QED) is 0.275. The van der Waals surface area contributed by atoms with Gasteiger partial charge in [0.05, 0.1) is 23.1 Å². The molecule has 2 heterocycles. The van der Waals surface area contributed by atoms with Crippen LogP contribution in [0.4, 0.5) is 5.82 Å². The Kier molecular flexibility index (Phi) is 8.16. The van der Waals surface area contributed by atoms with Crippen LogP contribution >= 0.6 is 0 Å². The van der Waals surface area contributed by atoms with Crippen LogP contribution in [0.25, 0.3) is 11.0 Å². The fraction of sp³-hybridized carbons (Fsp3) is 0.200. The van der Waals surface area contributed by atoms with Gasteiger partial charge in [-0.3, -0.25) is 9.69 Å². The predicted octanol–water partition coefficient (Wildman–Crippen LogP) is 5.46. The molecule has 1 aliphatic rings. The molecule has 1 fully saturated rings. The number of hydrogen-bond donors (Lipinski definition) is 1. The van der Waals surface area contributed by atoms with E-state index in [0.29, 0.717) is 36.7 Å². The highest BCUT2D eigenvalue weighted by Gasteiger charge is 2.32. The fourth-order valence-corrected chi connectivity index (χ4v) is 5.64. The first-order valence-electron chi connectivity index (χ1n) is 14.3. The van der Waals surface area contributed by atoms with Crippen molar-refractivity contribution in [3.8, 4) is 6.07 Å². The van der Waals surface area contributed by atoms with E-state index in [1.165, 1.54) is 11.1 Å². The second-order valence-corrected chi connectivity index (χ2v) is 10.4. The summed E-state index contributed by atoms with van der Waals surface area (Å²) in [6, 6.07) is 40.8. The second-order valence-electron chi connectivity index (χ2n) is 10.4. The van der Waals surface area contributed by atoms with Crippen molar-refractivity contribution in [2.24, 2.45) is 0 Å². The number of aromatic nitrogens is 2. The number of fused-ring (bicyclic) bond motifs is 1. The number of nitriles is 1. The Morgan fingerprint density at radius 2 is 1.26 bits per heavy atom. The Morgan fingerprint density at radius 1 is 0.738 bits per heavy atom. The molecule has 42 heavy (non-hydrogen) atoms. The lowest BCUT2D eigenvalue weighted by Crippen LogP contribution is -2.48. The van der Waals surface area contributed by atoms with Crippen LogP contribution in [-0.4, -0.2) is 47.0 Å². The molecular weight excluding hydrogens is 520 g/mol. The van der Waals surface area contributed by atoms with Crippen molar-refractivity contribution in [3.05, 3.63) is 138 Å². The summed E-state index contributed by atoms with van der Waals surface area (Å²) in [5.74, 6) is -0.856. The average Bonchev–Trinajstić information content (AvgIpc) is 3.06. The number of rotatable bonds is 8. The van der Waals surface area contributed by atoms with Crippen molar-refractivity contribution >= 4 is 22.8 Å². The van der Waals surface area contributed by atoms with Crippen molar-refractivity contribution in [2.75, 3.05) is 31.1 Å². The Balaban J connectivity index is 1.27. The molecule has 0 saturated carbocycles. The standard InChI is InChI=1S/C35H32N6O/c36-24-29(35(42)37-25-26-12-4-1-5-13-26)32-34(39-31-19-11-10-18-30(31)38-32)41-22-20-40(21-23-41)33(27-14-6-2-7-15-27)28-16-8-3-9-17-28/h1-19,29,33H,20-23,25H2,(H,37,42). The van der Waals surface area contributed by atoms with Gasteiger partial charge in [0.25, 0.3) is 0 Å². The van der Waals surface area contributed by atoms with Gasteiger partial charge in [-0.25, -0.2) is 9.97 Å². The Labute approximate surface area is 246 Å². The molecule has 0 spiro atoms. The molecule has 1 N–H and O–H groups in total. The lowest BCUT2D eigenvalue weighted by molar-refractivity contribution is -0.121. The molecule has 1 aliphatic heterocycles. The van der Waals surface area contributed by atoms with Gasteiger partial charge in [-0.05, 0) is 28.8 Å². The molecule has 5 aromatic rings. The summed E-state index contributed by atoms with van der Waals surface area (Å²) < 4.78 is 0. The second kappa shape index (κ2) is 12.6. The van der Waals surface area contributed by atoms with E-state index in [1.807, 2.05) is 66.7 Å². The number of carbonyl (C=O) groups excluding carboxylic acids is 1. The molecule has 7 nitrogen and oxygen atoms in total. The molecule has 0 bridgehead atoms. The topological polar surface area (TPSA) is 85.1 Å². The molecule has 1 saturated heterocycles. The molecule has 4 aromatic carbocycles. The first kappa shape index (κ1) is 27.1. The molecule has 0 radical (unpaired) electrons. The summed E-state index contributed by atoms with van der Waals surface area (Å²) >= 11 is 0. The lowest BCUT2D eigenvalue weighted by atomic mass is 9.96. The van der Waals surface area contributed by atoms with Crippen molar-refractivity contribution in [3.63, 3.8) is 0 Å². The summed E-state index contributed by atoms with van der Waals surface area (Å²) in [5, 5.41) is 13.1. The number of carbonyl (C=O) groups is 1. The van der Waals surface area contributed by atoms with E-state index in [2.05, 4.69) is 69.7 Å². The van der Waals surface area contributed by atoms with Gasteiger partial charge >= 0.3 is 0 Å². The van der Waals surface area contributed by atoms with E-state index in [1.54, 1.807) is 0 Å². The largest absolute Gasteiger partial charge is 0.352 e. The van der Waals surface area contributed by atoms with Crippen LogP contribution < -0.4 is 10.2 Å². The lowest BCUT2D eigenvalue weighted by Gasteiger charge is -2.40. The zero-order valence-electron chi connectivity index (χ0n) is 23.3. The van der Waals surface area contributed by atoms with Crippen molar-refractivity contribution < 1.29 is 4.79 Å². The highest BCUT2D eigenvalue weighted by atomic mass is 16.1. The Bertz CT molecular complexity index is 1640. The van der Waals surface area contributed by atoms with Crippen molar-refractivity contribution in [1.29, 1.82) is 5.26 Å². The SMILES string of the molecule is N#CC(C(=O)NCc1ccccc1)c1nc2ccccc2nc1N1CCN(C(c2ccccc2)c2ccccc2)CC1. The van der Waals surface area contributed by atoms with E-state index in [-0.39, 0.29) is 11.9 Å². The summed E-state index contributed by atoms with van der Waals surface area (Å²) in [4.78, 5) is 27.8. The number of anilines is 1. The molecule has 1 unspecified atom stereocenters. The highest BCUT2D eigenvalue weighted by molar-refractivity contribution is 5.88. The third-order valence-electron chi connectivity index (χ3n) is 7.76. The third kappa shape index (κ3) is 5.85. The number of piperazine rings is 1. The van der Waals surface area contributed by atoms with Crippen LogP contribution in [0.15, 0.2) is 115 Å². The minimum atomic E-state index is -1.08. The van der Waals surface area contributed by atoms with Crippen LogP contribution in [-0.2, 0) is 11.3 Å². The molecule has 6 rings (SSSR count). The first-order valence-corrected chi connectivity index (χ1v) is 14.3. The van der Waals surface area contributed by atoms with Gasteiger partial charge in [-0.15, -0.1) is 0 Å². The highest BCUT2D eigenvalue weighted by Crippen LogP contribution is 2.32. The summed E-state index contributed by atoms with van der Waals surface area (Å²) in [6.45, 7) is 3.31. The number of para-hydroxylation sites is 2. The average molecular weight is 553 g/mol. The minimum Gasteiger partial charge on any atom is -0.352 e. The zero-order valence-corrected chi connectivity index (χ0v) is 23.3. The maximum Gasteiger partial charge on any atom is 0.243 e. The number of hydrogen-bond acceptors (Lipinski definition) is 6. The fourth-order valence-electron chi connectivity index (χ4n) is 5.64. The van der Waals surface area contributed by atoms with Gasteiger partial charge in [0.15, 0.2) is 11.7 Å². The van der Waals surface area contributed by atoms with Crippen LogP contribution in [0, 0.1) is 11.3 Å². The number of nitrogens with zero attached hydrogens (tertiary/aromatic N) is 5. The molecule has 1 atom stereocenters. The third-order valence-corrected chi connectivity index (χ3v) is 7.76. The maximum absolute atomic E-state index is 13.3. The van der Waals surface area contributed by atoms with Gasteiger partial charge in [0.1, 0.15) is 5.69 Å². The zero-order chi connectivity index (χ0) is 28.7. The number of amides is 1. The number of benzene rings is 4. The van der Waals surface area contributed by atoms with Gasteiger partial charge in [0.2, 0.25) is 5.91 Å². The molecule has 208 valence electrons. The summed E-state index contributed by atoms with van der Waals surface area (Å²) in [5.41, 5.74) is 5.28. The maximum atomic E-state index is 13.3.